The molecule has 5 nitrogen and oxygen atoms in total. The molecule has 3 rings (SSSR count). The highest BCUT2D eigenvalue weighted by atomic mass is 19.1. The Hall–Kier alpha value is -2.89. The second kappa shape index (κ2) is 7.12. The van der Waals surface area contributed by atoms with Crippen molar-refractivity contribution in [2.45, 2.75) is 12.8 Å². The van der Waals surface area contributed by atoms with Gasteiger partial charge in [0, 0.05) is 17.3 Å². The van der Waals surface area contributed by atoms with Gasteiger partial charge in [0.15, 0.2) is 18.2 Å². The Bertz CT molecular complexity index is 759. The minimum absolute atomic E-state index is 0.00126. The lowest BCUT2D eigenvalue weighted by atomic mass is 10.2. The zero-order valence-corrected chi connectivity index (χ0v) is 12.9. The molecule has 0 unspecified atom stereocenters. The summed E-state index contributed by atoms with van der Waals surface area (Å²) >= 11 is 0. The van der Waals surface area contributed by atoms with Crippen molar-refractivity contribution in [3.8, 4) is 5.75 Å². The summed E-state index contributed by atoms with van der Waals surface area (Å²) in [5.41, 5.74) is 1.16. The number of carbonyl (C=O) groups excluding carboxylic acids is 2. The second-order valence-corrected chi connectivity index (χ2v) is 5.61. The number of ether oxygens (including phenoxy) is 1. The number of anilines is 2. The Morgan fingerprint density at radius 2 is 1.75 bits per heavy atom. The van der Waals surface area contributed by atoms with E-state index in [4.69, 9.17) is 4.74 Å². The van der Waals surface area contributed by atoms with Crippen molar-refractivity contribution in [3.05, 3.63) is 54.3 Å². The second-order valence-electron chi connectivity index (χ2n) is 5.61. The molecule has 2 aromatic carbocycles. The summed E-state index contributed by atoms with van der Waals surface area (Å²) < 4.78 is 18.6. The van der Waals surface area contributed by atoms with Gasteiger partial charge in [-0.25, -0.2) is 4.39 Å². The van der Waals surface area contributed by atoms with Crippen LogP contribution in [0.2, 0.25) is 0 Å². The smallest absolute Gasteiger partial charge is 0.262 e. The van der Waals surface area contributed by atoms with E-state index in [1.807, 2.05) is 0 Å². The van der Waals surface area contributed by atoms with E-state index < -0.39 is 11.7 Å². The van der Waals surface area contributed by atoms with E-state index in [1.54, 1.807) is 36.4 Å². The minimum Gasteiger partial charge on any atom is -0.481 e. The van der Waals surface area contributed by atoms with Gasteiger partial charge in [-0.05, 0) is 43.2 Å². The number of amides is 2. The van der Waals surface area contributed by atoms with E-state index in [0.717, 1.165) is 12.8 Å². The average Bonchev–Trinajstić information content (AvgIpc) is 3.39. The van der Waals surface area contributed by atoms with Gasteiger partial charge < -0.3 is 15.4 Å². The van der Waals surface area contributed by atoms with Crippen LogP contribution in [0.5, 0.6) is 5.75 Å². The van der Waals surface area contributed by atoms with Gasteiger partial charge in [-0.2, -0.15) is 0 Å². The fourth-order valence-electron chi connectivity index (χ4n) is 2.17. The lowest BCUT2D eigenvalue weighted by Gasteiger charge is -2.10. The Labute approximate surface area is 138 Å². The molecular weight excluding hydrogens is 311 g/mol. The molecule has 0 bridgehead atoms. The number of rotatable bonds is 6. The van der Waals surface area contributed by atoms with Gasteiger partial charge in [0.2, 0.25) is 5.91 Å². The number of benzene rings is 2. The number of halogens is 1. The Morgan fingerprint density at radius 3 is 2.46 bits per heavy atom. The van der Waals surface area contributed by atoms with E-state index in [1.165, 1.54) is 12.1 Å². The monoisotopic (exact) mass is 328 g/mol. The molecule has 2 amide bonds. The summed E-state index contributed by atoms with van der Waals surface area (Å²) in [4.78, 5) is 23.6. The van der Waals surface area contributed by atoms with Crippen molar-refractivity contribution < 1.29 is 18.7 Å². The van der Waals surface area contributed by atoms with Crippen LogP contribution in [0.1, 0.15) is 12.8 Å². The molecule has 2 N–H and O–H groups in total. The first kappa shape index (κ1) is 16.0. The van der Waals surface area contributed by atoms with Crippen LogP contribution in [0.15, 0.2) is 48.5 Å². The first-order valence-corrected chi connectivity index (χ1v) is 7.70. The number of nitrogens with one attached hydrogen (secondary N) is 2. The molecule has 24 heavy (non-hydrogen) atoms. The first-order chi connectivity index (χ1) is 11.6. The van der Waals surface area contributed by atoms with Gasteiger partial charge in [0.25, 0.3) is 5.91 Å². The lowest BCUT2D eigenvalue weighted by molar-refractivity contribution is -0.118. The summed E-state index contributed by atoms with van der Waals surface area (Å²) in [6, 6.07) is 12.7. The number of carbonyl (C=O) groups is 2. The van der Waals surface area contributed by atoms with E-state index in [-0.39, 0.29) is 24.2 Å². The maximum atomic E-state index is 13.4. The van der Waals surface area contributed by atoms with E-state index in [0.29, 0.717) is 11.4 Å². The third-order valence-corrected chi connectivity index (χ3v) is 3.56. The van der Waals surface area contributed by atoms with Gasteiger partial charge in [-0.1, -0.05) is 18.2 Å². The standard InChI is InChI=1S/C18H17FN2O3/c19-15-6-1-2-7-16(15)24-11-17(22)20-13-4-3-5-14(10-13)21-18(23)12-8-9-12/h1-7,10,12H,8-9,11H2,(H,20,22)(H,21,23). The molecule has 0 heterocycles. The van der Waals surface area contributed by atoms with Crippen LogP contribution in [0.3, 0.4) is 0 Å². The highest BCUT2D eigenvalue weighted by molar-refractivity contribution is 5.96. The molecule has 2 aromatic rings. The number of hydrogen-bond donors (Lipinski definition) is 2. The highest BCUT2D eigenvalue weighted by Crippen LogP contribution is 2.30. The molecule has 0 saturated heterocycles. The molecule has 0 spiro atoms. The van der Waals surface area contributed by atoms with Gasteiger partial charge in [-0.3, -0.25) is 9.59 Å². The third-order valence-electron chi connectivity index (χ3n) is 3.56. The molecule has 124 valence electrons. The summed E-state index contributed by atoms with van der Waals surface area (Å²) in [5, 5.41) is 5.46. The zero-order chi connectivity index (χ0) is 16.9. The molecule has 0 atom stereocenters. The molecule has 0 aliphatic heterocycles. The topological polar surface area (TPSA) is 67.4 Å². The van der Waals surface area contributed by atoms with Gasteiger partial charge in [0.1, 0.15) is 0 Å². The van der Waals surface area contributed by atoms with E-state index >= 15 is 0 Å². The van der Waals surface area contributed by atoms with Crippen LogP contribution in [0.4, 0.5) is 15.8 Å². The number of hydrogen-bond acceptors (Lipinski definition) is 3. The Balaban J connectivity index is 1.54. The van der Waals surface area contributed by atoms with Gasteiger partial charge >= 0.3 is 0 Å². The van der Waals surface area contributed by atoms with Crippen molar-refractivity contribution in [2.24, 2.45) is 5.92 Å². The molecule has 0 radical (unpaired) electrons. The maximum Gasteiger partial charge on any atom is 0.262 e. The van der Waals surface area contributed by atoms with Crippen LogP contribution in [-0.2, 0) is 9.59 Å². The highest BCUT2D eigenvalue weighted by Gasteiger charge is 2.29. The summed E-state index contributed by atoms with van der Waals surface area (Å²) in [6.07, 6.45) is 1.85. The molecule has 1 saturated carbocycles. The molecule has 1 fully saturated rings. The van der Waals surface area contributed by atoms with Crippen LogP contribution >= 0.6 is 0 Å². The van der Waals surface area contributed by atoms with Crippen molar-refractivity contribution in [2.75, 3.05) is 17.2 Å². The zero-order valence-electron chi connectivity index (χ0n) is 12.9. The van der Waals surface area contributed by atoms with E-state index in [9.17, 15) is 14.0 Å². The fraction of sp³-hybridized carbons (Fsp3) is 0.222. The first-order valence-electron chi connectivity index (χ1n) is 7.70. The molecule has 6 heteroatoms. The summed E-state index contributed by atoms with van der Waals surface area (Å²) in [6.45, 7) is -0.306. The summed E-state index contributed by atoms with van der Waals surface area (Å²) in [7, 11) is 0. The van der Waals surface area contributed by atoms with Gasteiger partial charge in [0.05, 0.1) is 0 Å². The van der Waals surface area contributed by atoms with Crippen LogP contribution in [0.25, 0.3) is 0 Å². The predicted octanol–water partition coefficient (Wildman–Crippen LogP) is 3.19. The SMILES string of the molecule is O=C(COc1ccccc1F)Nc1cccc(NC(=O)C2CC2)c1. The van der Waals surface area contributed by atoms with Crippen LogP contribution in [-0.4, -0.2) is 18.4 Å². The fourth-order valence-corrected chi connectivity index (χ4v) is 2.17. The normalized spacial score (nSPS) is 13.2. The average molecular weight is 328 g/mol. The molecule has 0 aromatic heterocycles. The predicted molar refractivity (Wildman–Crippen MR) is 88.3 cm³/mol. The maximum absolute atomic E-state index is 13.4. The van der Waals surface area contributed by atoms with Crippen molar-refractivity contribution in [3.63, 3.8) is 0 Å². The minimum atomic E-state index is -0.518. The largest absolute Gasteiger partial charge is 0.481 e. The van der Waals surface area contributed by atoms with Crippen molar-refractivity contribution in [1.82, 2.24) is 0 Å². The molecule has 1 aliphatic carbocycles. The van der Waals surface area contributed by atoms with Crippen LogP contribution < -0.4 is 15.4 Å². The lowest BCUT2D eigenvalue weighted by Crippen LogP contribution is -2.20. The Morgan fingerprint density at radius 1 is 1.04 bits per heavy atom. The third kappa shape index (κ3) is 4.32. The Kier molecular flexibility index (Phi) is 4.74. The van der Waals surface area contributed by atoms with E-state index in [2.05, 4.69) is 10.6 Å². The summed E-state index contributed by atoms with van der Waals surface area (Å²) in [5.74, 6) is -0.795. The molecule has 1 aliphatic rings. The quantitative estimate of drug-likeness (QED) is 0.856. The molecular formula is C18H17FN2O3. The number of para-hydroxylation sites is 1. The van der Waals surface area contributed by atoms with Gasteiger partial charge in [-0.15, -0.1) is 0 Å². The van der Waals surface area contributed by atoms with Crippen molar-refractivity contribution in [1.29, 1.82) is 0 Å². The van der Waals surface area contributed by atoms with Crippen LogP contribution in [0, 0.1) is 11.7 Å². The van der Waals surface area contributed by atoms with Crippen molar-refractivity contribution >= 4 is 23.2 Å².